The second-order valence-electron chi connectivity index (χ2n) is 12.4. The molecule has 2 amide bonds. The molecule has 3 N–H and O–H groups in total. The highest BCUT2D eigenvalue weighted by Crippen LogP contribution is 2.24. The summed E-state index contributed by atoms with van der Waals surface area (Å²) in [5.41, 5.74) is 2.88. The van der Waals surface area contributed by atoms with E-state index in [4.69, 9.17) is 0 Å². The Balaban J connectivity index is 1.35. The first-order valence-electron chi connectivity index (χ1n) is 15.8. The smallest absolute Gasteiger partial charge is 0.254 e. The molecule has 0 saturated heterocycles. The minimum Gasteiger partial charge on any atom is -0.390 e. The van der Waals surface area contributed by atoms with Crippen molar-refractivity contribution >= 4 is 23.2 Å². The van der Waals surface area contributed by atoms with Crippen LogP contribution >= 0.6 is 11.3 Å². The number of benzene rings is 2. The highest BCUT2D eigenvalue weighted by Gasteiger charge is 2.25. The lowest BCUT2D eigenvalue weighted by molar-refractivity contribution is 0.0784. The van der Waals surface area contributed by atoms with Crippen LogP contribution in [0, 0.1) is 6.92 Å². The summed E-state index contributed by atoms with van der Waals surface area (Å²) in [5, 5.41) is 20.4. The number of rotatable bonds is 14. The van der Waals surface area contributed by atoms with E-state index in [1.165, 1.54) is 31.4 Å². The fourth-order valence-electron chi connectivity index (χ4n) is 5.31. The first kappa shape index (κ1) is 34.6. The van der Waals surface area contributed by atoms with E-state index in [1.807, 2.05) is 71.7 Å². The summed E-state index contributed by atoms with van der Waals surface area (Å²) in [5.74, 6) is -0.663. The van der Waals surface area contributed by atoms with E-state index < -0.39 is 23.7 Å². The van der Waals surface area contributed by atoms with Crippen molar-refractivity contribution in [3.8, 4) is 5.69 Å². The first-order valence-corrected chi connectivity index (χ1v) is 16.7. The zero-order valence-electron chi connectivity index (χ0n) is 27.6. The van der Waals surface area contributed by atoms with Crippen LogP contribution < -0.4 is 10.6 Å². The van der Waals surface area contributed by atoms with Crippen LogP contribution in [-0.4, -0.2) is 62.1 Å². The maximum absolute atomic E-state index is 14.5. The predicted molar refractivity (Wildman–Crippen MR) is 186 cm³/mol. The number of hydrogen-bond donors (Lipinski definition) is 3. The van der Waals surface area contributed by atoms with Gasteiger partial charge >= 0.3 is 0 Å². The number of aryl methyl sites for hydroxylation is 1. The molecule has 11 heteroatoms. The molecule has 3 heterocycles. The second kappa shape index (κ2) is 15.5. The fraction of sp³-hybridized carbons (Fsp3) is 0.297. The minimum absolute atomic E-state index is 0.162. The Morgan fingerprint density at radius 1 is 1.02 bits per heavy atom. The van der Waals surface area contributed by atoms with Crippen LogP contribution in [0.25, 0.3) is 5.69 Å². The van der Waals surface area contributed by atoms with Crippen LogP contribution in [0.5, 0.6) is 0 Å². The molecule has 9 nitrogen and oxygen atoms in total. The van der Waals surface area contributed by atoms with Crippen molar-refractivity contribution in [3.05, 3.63) is 135 Å². The van der Waals surface area contributed by atoms with Gasteiger partial charge in [0.15, 0.2) is 0 Å². The summed E-state index contributed by atoms with van der Waals surface area (Å²) in [4.78, 5) is 37.8. The van der Waals surface area contributed by atoms with Gasteiger partial charge in [0, 0.05) is 78.4 Å². The largest absolute Gasteiger partial charge is 0.390 e. The number of aliphatic hydroxyl groups is 1. The van der Waals surface area contributed by atoms with Gasteiger partial charge in [-0.2, -0.15) is 0 Å². The quantitative estimate of drug-likeness (QED) is 0.142. The number of thiazole rings is 1. The van der Waals surface area contributed by atoms with Crippen LogP contribution in [0.1, 0.15) is 62.0 Å². The number of carbonyl (C=O) groups is 2. The molecule has 0 aliphatic heterocycles. The van der Waals surface area contributed by atoms with Gasteiger partial charge in [-0.25, -0.2) is 9.37 Å². The van der Waals surface area contributed by atoms with Crippen LogP contribution in [0.15, 0.2) is 96.9 Å². The third-order valence-electron chi connectivity index (χ3n) is 7.96. The summed E-state index contributed by atoms with van der Waals surface area (Å²) >= 11 is 1.50. The lowest BCUT2D eigenvalue weighted by Gasteiger charge is -2.25. The van der Waals surface area contributed by atoms with Gasteiger partial charge in [0.2, 0.25) is 0 Å². The Labute approximate surface area is 284 Å². The molecule has 0 aliphatic carbocycles. The van der Waals surface area contributed by atoms with E-state index in [0.29, 0.717) is 36.3 Å². The number of pyridine rings is 1. The number of amides is 2. The van der Waals surface area contributed by atoms with E-state index in [1.54, 1.807) is 42.4 Å². The predicted octanol–water partition coefficient (Wildman–Crippen LogP) is 5.61. The fourth-order valence-corrected chi connectivity index (χ4v) is 6.14. The van der Waals surface area contributed by atoms with Crippen molar-refractivity contribution in [1.29, 1.82) is 0 Å². The third-order valence-corrected chi connectivity index (χ3v) is 8.91. The standard InChI is InChI=1S/C37H41FN6O3S/c1-25-24-48-34(41-25)23-43(4)36(47)29-16-28(17-31(18-29)44-12-8-9-13-44)35(46)42-32(15-26-10-6-5-7-11-26)33(45)22-40-20-27-14-30(21-39-19-27)37(2,3)38/h5-14,16-19,21,24,32-33,40,45H,15,20,22-23H2,1-4H3,(H,42,46)/t32-,33+/m0/s1. The Morgan fingerprint density at radius 3 is 2.44 bits per heavy atom. The Kier molecular flexibility index (Phi) is 11.2. The average Bonchev–Trinajstić information content (AvgIpc) is 3.76. The van der Waals surface area contributed by atoms with E-state index in [-0.39, 0.29) is 18.0 Å². The minimum atomic E-state index is -1.52. The van der Waals surface area contributed by atoms with Crippen molar-refractivity contribution < 1.29 is 19.1 Å². The molecule has 0 radical (unpaired) electrons. The van der Waals surface area contributed by atoms with Gasteiger partial charge in [-0.05, 0) is 74.7 Å². The molecule has 0 bridgehead atoms. The molecule has 250 valence electrons. The molecule has 48 heavy (non-hydrogen) atoms. The number of alkyl halides is 1. The second-order valence-corrected chi connectivity index (χ2v) is 13.4. The van der Waals surface area contributed by atoms with E-state index >= 15 is 0 Å². The summed E-state index contributed by atoms with van der Waals surface area (Å²) in [6.45, 7) is 5.74. The molecular formula is C37H41FN6O3S. The number of halogens is 1. The number of nitrogens with one attached hydrogen (secondary N) is 2. The van der Waals surface area contributed by atoms with Gasteiger partial charge in [0.25, 0.3) is 11.8 Å². The van der Waals surface area contributed by atoms with Gasteiger partial charge in [-0.1, -0.05) is 30.3 Å². The Bertz CT molecular complexity index is 1820. The number of carbonyl (C=O) groups excluding carboxylic acids is 2. The number of nitrogens with zero attached hydrogens (tertiary/aromatic N) is 4. The molecular weight excluding hydrogens is 628 g/mol. The van der Waals surface area contributed by atoms with E-state index in [9.17, 15) is 19.1 Å². The molecule has 0 spiro atoms. The SMILES string of the molecule is Cc1csc(CN(C)C(=O)c2cc(C(=O)N[C@@H](Cc3ccccc3)[C@H](O)CNCc3cncc(C(C)(C)F)c3)cc(-n3cccc3)c2)n1. The molecule has 0 saturated carbocycles. The summed E-state index contributed by atoms with van der Waals surface area (Å²) in [7, 11) is 1.71. The summed E-state index contributed by atoms with van der Waals surface area (Å²) in [6.07, 6.45) is 6.27. The molecule has 0 fully saturated rings. The molecule has 0 unspecified atom stereocenters. The summed E-state index contributed by atoms with van der Waals surface area (Å²) in [6, 6.07) is 19.5. The van der Waals surface area contributed by atoms with Crippen LogP contribution in [0.2, 0.25) is 0 Å². The van der Waals surface area contributed by atoms with Crippen molar-refractivity contribution in [2.75, 3.05) is 13.6 Å². The number of aliphatic hydroxyl groups excluding tert-OH is 1. The van der Waals surface area contributed by atoms with Crippen molar-refractivity contribution in [2.24, 2.45) is 0 Å². The monoisotopic (exact) mass is 668 g/mol. The Hall–Kier alpha value is -4.71. The first-order chi connectivity index (χ1) is 23.0. The van der Waals surface area contributed by atoms with Crippen molar-refractivity contribution in [1.82, 2.24) is 30.1 Å². The molecule has 3 aromatic heterocycles. The molecule has 0 aliphatic rings. The van der Waals surface area contributed by atoms with Crippen molar-refractivity contribution in [2.45, 2.75) is 58.1 Å². The van der Waals surface area contributed by atoms with Crippen LogP contribution in [0.4, 0.5) is 4.39 Å². The van der Waals surface area contributed by atoms with Gasteiger partial charge in [0.05, 0.1) is 18.7 Å². The zero-order chi connectivity index (χ0) is 34.3. The van der Waals surface area contributed by atoms with Crippen LogP contribution in [0.3, 0.4) is 0 Å². The zero-order valence-corrected chi connectivity index (χ0v) is 28.4. The number of aromatic nitrogens is 3. The molecule has 2 aromatic carbocycles. The van der Waals surface area contributed by atoms with Gasteiger partial charge < -0.3 is 25.2 Å². The highest BCUT2D eigenvalue weighted by molar-refractivity contribution is 7.09. The molecule has 5 rings (SSSR count). The van der Waals surface area contributed by atoms with E-state index in [0.717, 1.165) is 21.8 Å². The normalized spacial score (nSPS) is 12.8. The lowest BCUT2D eigenvalue weighted by atomic mass is 9.99. The topological polar surface area (TPSA) is 112 Å². The van der Waals surface area contributed by atoms with E-state index in [2.05, 4.69) is 20.6 Å². The lowest BCUT2D eigenvalue weighted by Crippen LogP contribution is -2.48. The molecule has 2 atom stereocenters. The summed E-state index contributed by atoms with van der Waals surface area (Å²) < 4.78 is 16.3. The Morgan fingerprint density at radius 2 is 1.75 bits per heavy atom. The highest BCUT2D eigenvalue weighted by atomic mass is 32.1. The van der Waals surface area contributed by atoms with Gasteiger partial charge in [0.1, 0.15) is 10.7 Å². The van der Waals surface area contributed by atoms with Crippen molar-refractivity contribution in [3.63, 3.8) is 0 Å². The maximum Gasteiger partial charge on any atom is 0.254 e. The number of hydrogen-bond acceptors (Lipinski definition) is 7. The molecule has 5 aromatic rings. The average molecular weight is 669 g/mol. The third kappa shape index (κ3) is 9.21. The van der Waals surface area contributed by atoms with Crippen LogP contribution in [-0.2, 0) is 25.2 Å². The van der Waals surface area contributed by atoms with Gasteiger partial charge in [-0.3, -0.25) is 14.6 Å². The van der Waals surface area contributed by atoms with Gasteiger partial charge in [-0.15, -0.1) is 11.3 Å². The maximum atomic E-state index is 14.5.